The zero-order chi connectivity index (χ0) is 15.4. The van der Waals surface area contributed by atoms with Gasteiger partial charge in [-0.15, -0.1) is 0 Å². The van der Waals surface area contributed by atoms with Crippen molar-refractivity contribution in [1.82, 2.24) is 10.2 Å². The molecule has 0 aliphatic carbocycles. The number of imide groups is 1. The summed E-state index contributed by atoms with van der Waals surface area (Å²) in [4.78, 5) is 24.5. The van der Waals surface area contributed by atoms with Gasteiger partial charge in [-0.1, -0.05) is 23.4 Å². The average Bonchev–Trinajstić information content (AvgIpc) is 2.51. The molecule has 0 bridgehead atoms. The van der Waals surface area contributed by atoms with Crippen molar-refractivity contribution in [2.45, 2.75) is 25.4 Å². The van der Waals surface area contributed by atoms with Gasteiger partial charge in [-0.05, 0) is 18.1 Å². The van der Waals surface area contributed by atoms with E-state index in [9.17, 15) is 9.59 Å². The Morgan fingerprint density at radius 1 is 1.52 bits per heavy atom. The van der Waals surface area contributed by atoms with E-state index in [0.29, 0.717) is 24.9 Å². The van der Waals surface area contributed by atoms with Crippen LogP contribution >= 0.6 is 0 Å². The summed E-state index contributed by atoms with van der Waals surface area (Å²) in [5.74, 6) is -0.318. The molecule has 1 aromatic rings. The lowest BCUT2D eigenvalue weighted by molar-refractivity contribution is -0.148. The molecule has 0 radical (unpaired) electrons. The van der Waals surface area contributed by atoms with E-state index in [-0.39, 0.29) is 23.7 Å². The van der Waals surface area contributed by atoms with Crippen LogP contribution in [0.15, 0.2) is 29.4 Å². The van der Waals surface area contributed by atoms with Crippen LogP contribution < -0.4 is 11.1 Å². The number of piperidine rings is 1. The van der Waals surface area contributed by atoms with Crippen LogP contribution in [0.2, 0.25) is 0 Å². The van der Waals surface area contributed by atoms with Gasteiger partial charge in [-0.25, -0.2) is 0 Å². The molecule has 1 heterocycles. The second kappa shape index (κ2) is 6.36. The van der Waals surface area contributed by atoms with Crippen LogP contribution in [0.4, 0.5) is 0 Å². The van der Waals surface area contributed by atoms with Gasteiger partial charge < -0.3 is 16.3 Å². The third kappa shape index (κ3) is 3.38. The second-order valence-corrected chi connectivity index (χ2v) is 4.95. The molecule has 7 heteroatoms. The molecule has 1 aromatic carbocycles. The third-order valence-corrected chi connectivity index (χ3v) is 3.53. The summed E-state index contributed by atoms with van der Waals surface area (Å²) in [6.45, 7) is 0.463. The quantitative estimate of drug-likeness (QED) is 0.238. The van der Waals surface area contributed by atoms with Gasteiger partial charge in [0.05, 0.1) is 6.04 Å². The Hall–Kier alpha value is -2.41. The number of oxime groups is 1. The van der Waals surface area contributed by atoms with Crippen molar-refractivity contribution < 1.29 is 14.8 Å². The molecule has 21 heavy (non-hydrogen) atoms. The van der Waals surface area contributed by atoms with Crippen LogP contribution in [-0.4, -0.2) is 40.8 Å². The number of hydrogen-bond acceptors (Lipinski definition) is 5. The molecule has 0 saturated carbocycles. The van der Waals surface area contributed by atoms with E-state index in [1.807, 2.05) is 6.07 Å². The van der Waals surface area contributed by atoms with E-state index in [0.717, 1.165) is 10.5 Å². The van der Waals surface area contributed by atoms with E-state index in [4.69, 9.17) is 10.9 Å². The van der Waals surface area contributed by atoms with Crippen molar-refractivity contribution in [1.29, 1.82) is 0 Å². The first-order valence-electron chi connectivity index (χ1n) is 6.63. The first-order valence-corrected chi connectivity index (χ1v) is 6.63. The molecular weight excluding hydrogens is 272 g/mol. The summed E-state index contributed by atoms with van der Waals surface area (Å²) in [5, 5.41) is 14.8. The number of likely N-dealkylation sites (N-methyl/N-ethyl adjacent to an activating group) is 1. The fourth-order valence-corrected chi connectivity index (χ4v) is 2.24. The average molecular weight is 290 g/mol. The smallest absolute Gasteiger partial charge is 0.246 e. The van der Waals surface area contributed by atoms with Crippen molar-refractivity contribution in [2.24, 2.45) is 10.9 Å². The zero-order valence-corrected chi connectivity index (χ0v) is 11.7. The number of nitrogens with one attached hydrogen (secondary N) is 1. The highest BCUT2D eigenvalue weighted by Gasteiger charge is 2.31. The van der Waals surface area contributed by atoms with Crippen molar-refractivity contribution >= 4 is 17.6 Å². The van der Waals surface area contributed by atoms with E-state index in [1.54, 1.807) is 18.2 Å². The van der Waals surface area contributed by atoms with Gasteiger partial charge in [0.1, 0.15) is 0 Å². The van der Waals surface area contributed by atoms with Crippen LogP contribution in [0.25, 0.3) is 0 Å². The Balaban J connectivity index is 2.00. The van der Waals surface area contributed by atoms with Crippen molar-refractivity contribution in [3.8, 4) is 0 Å². The molecule has 2 rings (SSSR count). The van der Waals surface area contributed by atoms with Crippen LogP contribution in [0.1, 0.15) is 24.0 Å². The Bertz CT molecular complexity index is 585. The van der Waals surface area contributed by atoms with Gasteiger partial charge in [0, 0.05) is 25.6 Å². The first-order chi connectivity index (χ1) is 10.0. The number of nitrogens with zero attached hydrogens (tertiary/aromatic N) is 2. The number of benzene rings is 1. The van der Waals surface area contributed by atoms with Crippen LogP contribution in [0, 0.1) is 0 Å². The molecule has 112 valence electrons. The maximum Gasteiger partial charge on any atom is 0.246 e. The highest BCUT2D eigenvalue weighted by Crippen LogP contribution is 2.12. The predicted octanol–water partition coefficient (Wildman–Crippen LogP) is 0.0181. The molecule has 0 aromatic heterocycles. The van der Waals surface area contributed by atoms with Gasteiger partial charge in [0.15, 0.2) is 5.84 Å². The SMILES string of the molecule is CN1C(=O)CCC(NCc2cccc(C(N)=NO)c2)C1=O. The van der Waals surface area contributed by atoms with Crippen LogP contribution in [0.3, 0.4) is 0 Å². The lowest BCUT2D eigenvalue weighted by Gasteiger charge is -2.28. The summed E-state index contributed by atoms with van der Waals surface area (Å²) in [6.07, 6.45) is 0.867. The number of likely N-dealkylation sites (tertiary alicyclic amines) is 1. The Kier molecular flexibility index (Phi) is 4.54. The molecule has 1 unspecified atom stereocenters. The highest BCUT2D eigenvalue weighted by molar-refractivity contribution is 6.00. The van der Waals surface area contributed by atoms with Gasteiger partial charge in [-0.2, -0.15) is 0 Å². The van der Waals surface area contributed by atoms with Gasteiger partial charge >= 0.3 is 0 Å². The number of hydrogen-bond donors (Lipinski definition) is 3. The molecule has 1 saturated heterocycles. The number of nitrogens with two attached hydrogens (primary N) is 1. The van der Waals surface area contributed by atoms with Gasteiger partial charge in [0.25, 0.3) is 0 Å². The molecule has 1 fully saturated rings. The number of rotatable bonds is 4. The monoisotopic (exact) mass is 290 g/mol. The fourth-order valence-electron chi connectivity index (χ4n) is 2.24. The Morgan fingerprint density at radius 2 is 2.29 bits per heavy atom. The van der Waals surface area contributed by atoms with Gasteiger partial charge in [0.2, 0.25) is 11.8 Å². The van der Waals surface area contributed by atoms with Crippen molar-refractivity contribution in [3.63, 3.8) is 0 Å². The van der Waals surface area contributed by atoms with E-state index in [1.165, 1.54) is 7.05 Å². The summed E-state index contributed by atoms with van der Waals surface area (Å²) < 4.78 is 0. The highest BCUT2D eigenvalue weighted by atomic mass is 16.4. The molecule has 2 amide bonds. The van der Waals surface area contributed by atoms with Crippen molar-refractivity contribution in [3.05, 3.63) is 35.4 Å². The number of amides is 2. The topological polar surface area (TPSA) is 108 Å². The lowest BCUT2D eigenvalue weighted by atomic mass is 10.0. The molecule has 1 aliphatic heterocycles. The minimum atomic E-state index is -0.361. The third-order valence-electron chi connectivity index (χ3n) is 3.53. The van der Waals surface area contributed by atoms with E-state index >= 15 is 0 Å². The Morgan fingerprint density at radius 3 is 3.00 bits per heavy atom. The minimum absolute atomic E-state index is 0.0379. The Labute approximate surface area is 122 Å². The molecule has 4 N–H and O–H groups in total. The number of carbonyl (C=O) groups excluding carboxylic acids is 2. The maximum absolute atomic E-state index is 11.9. The minimum Gasteiger partial charge on any atom is -0.409 e. The lowest BCUT2D eigenvalue weighted by Crippen LogP contribution is -2.51. The van der Waals surface area contributed by atoms with Crippen molar-refractivity contribution in [2.75, 3.05) is 7.05 Å². The molecule has 1 atom stereocenters. The predicted molar refractivity (Wildman–Crippen MR) is 76.6 cm³/mol. The molecule has 7 nitrogen and oxygen atoms in total. The second-order valence-electron chi connectivity index (χ2n) is 4.95. The molecule has 1 aliphatic rings. The maximum atomic E-state index is 11.9. The summed E-state index contributed by atoms with van der Waals surface area (Å²) >= 11 is 0. The molecule has 0 spiro atoms. The fraction of sp³-hybridized carbons (Fsp3) is 0.357. The normalized spacial score (nSPS) is 20.0. The first kappa shape index (κ1) is 15.0. The standard InChI is InChI=1S/C14H18N4O3/c1-18-12(19)6-5-11(14(18)20)16-8-9-3-2-4-10(7-9)13(15)17-21/h2-4,7,11,16,21H,5-6,8H2,1H3,(H2,15,17). The zero-order valence-electron chi connectivity index (χ0n) is 11.7. The number of carbonyl (C=O) groups is 2. The van der Waals surface area contributed by atoms with Crippen LogP contribution in [0.5, 0.6) is 0 Å². The summed E-state index contributed by atoms with van der Waals surface area (Å²) in [6, 6.07) is 6.83. The van der Waals surface area contributed by atoms with Crippen LogP contribution in [-0.2, 0) is 16.1 Å². The van der Waals surface area contributed by atoms with Gasteiger partial charge in [-0.3, -0.25) is 14.5 Å². The van der Waals surface area contributed by atoms with E-state index in [2.05, 4.69) is 10.5 Å². The van der Waals surface area contributed by atoms with E-state index < -0.39 is 0 Å². The number of amidine groups is 1. The summed E-state index contributed by atoms with van der Waals surface area (Å²) in [5.41, 5.74) is 7.06. The summed E-state index contributed by atoms with van der Waals surface area (Å²) in [7, 11) is 1.50. The molecular formula is C14H18N4O3. The largest absolute Gasteiger partial charge is 0.409 e.